The first kappa shape index (κ1) is 15.7. The van der Waals surface area contributed by atoms with Crippen molar-refractivity contribution in [3.05, 3.63) is 69.2 Å². The third kappa shape index (κ3) is 3.69. The van der Waals surface area contributed by atoms with Crippen molar-refractivity contribution in [2.45, 2.75) is 0 Å². The van der Waals surface area contributed by atoms with Crippen LogP contribution in [0.1, 0.15) is 0 Å². The molecule has 3 rings (SSSR count). The molecule has 0 fully saturated rings. The summed E-state index contributed by atoms with van der Waals surface area (Å²) in [5.41, 5.74) is -0.387. The molecule has 10 heteroatoms. The molecule has 23 heavy (non-hydrogen) atoms. The van der Waals surface area contributed by atoms with Gasteiger partial charge in [-0.15, -0.1) is 0 Å². The van der Waals surface area contributed by atoms with E-state index in [0.717, 1.165) is 23.1 Å². The van der Waals surface area contributed by atoms with Gasteiger partial charge in [0.25, 0.3) is 11.4 Å². The van der Waals surface area contributed by atoms with E-state index in [4.69, 9.17) is 10.3 Å². The van der Waals surface area contributed by atoms with E-state index in [2.05, 4.69) is 0 Å². The van der Waals surface area contributed by atoms with E-state index in [0.29, 0.717) is 6.07 Å². The Morgan fingerprint density at radius 3 is 2.48 bits per heavy atom. The summed E-state index contributed by atoms with van der Waals surface area (Å²) in [6.45, 7) is 0. The van der Waals surface area contributed by atoms with Crippen LogP contribution in [0.2, 0.25) is 0 Å². The Kier molecular flexibility index (Phi) is 4.36. The highest BCUT2D eigenvalue weighted by atomic mass is 16.6. The second-order valence-corrected chi connectivity index (χ2v) is 4.30. The van der Waals surface area contributed by atoms with Crippen molar-refractivity contribution in [1.82, 2.24) is 0 Å². The van der Waals surface area contributed by atoms with Crippen LogP contribution >= 0.6 is 0 Å². The van der Waals surface area contributed by atoms with E-state index in [1.165, 1.54) is 4.68 Å². The maximum Gasteiger partial charge on any atom is 0.276 e. The van der Waals surface area contributed by atoms with Gasteiger partial charge in [-0.1, -0.05) is 10.7 Å². The van der Waals surface area contributed by atoms with Crippen molar-refractivity contribution in [3.8, 4) is 5.75 Å². The molecule has 0 saturated carbocycles. The molecular formula is C13H10N4O6. The molecule has 2 aromatic heterocycles. The monoisotopic (exact) mass is 318 g/mol. The lowest BCUT2D eigenvalue weighted by molar-refractivity contribution is -0.637. The van der Waals surface area contributed by atoms with Crippen molar-refractivity contribution in [1.29, 1.82) is 0 Å². The summed E-state index contributed by atoms with van der Waals surface area (Å²) >= 11 is 0. The standard InChI is InChI=1S/C7H7N2O.C6H4N2O5/c8-9-3-1-7-6(5-9)2-4-10-7;9-6-2-1-4(7(10)11)3-5(6)8(12)13/h1-5H,8H2;1-3,9H/q+1;/p-1. The number of furan rings is 1. The number of nitrogen functional groups attached to an aromatic ring is 1. The Morgan fingerprint density at radius 2 is 1.83 bits per heavy atom. The molecule has 0 bridgehead atoms. The van der Waals surface area contributed by atoms with Crippen LogP contribution in [0.4, 0.5) is 11.4 Å². The van der Waals surface area contributed by atoms with Crippen molar-refractivity contribution in [3.63, 3.8) is 0 Å². The predicted molar refractivity (Wildman–Crippen MR) is 75.8 cm³/mol. The molecule has 0 radical (unpaired) electrons. The van der Waals surface area contributed by atoms with Gasteiger partial charge in [0.1, 0.15) is 5.58 Å². The molecule has 10 nitrogen and oxygen atoms in total. The number of nitrogens with two attached hydrogens (primary N) is 1. The zero-order valence-electron chi connectivity index (χ0n) is 11.5. The molecule has 2 N–H and O–H groups in total. The van der Waals surface area contributed by atoms with Crippen molar-refractivity contribution in [2.75, 3.05) is 5.84 Å². The van der Waals surface area contributed by atoms with Gasteiger partial charge in [0, 0.05) is 12.1 Å². The van der Waals surface area contributed by atoms with E-state index in [1.807, 2.05) is 12.1 Å². The highest BCUT2D eigenvalue weighted by molar-refractivity contribution is 5.74. The van der Waals surface area contributed by atoms with E-state index in [1.54, 1.807) is 18.7 Å². The minimum atomic E-state index is -0.949. The fourth-order valence-corrected chi connectivity index (χ4v) is 1.69. The average Bonchev–Trinajstić information content (AvgIpc) is 2.95. The van der Waals surface area contributed by atoms with Gasteiger partial charge >= 0.3 is 0 Å². The lowest BCUT2D eigenvalue weighted by Crippen LogP contribution is -2.43. The Hall–Kier alpha value is -3.69. The molecule has 0 saturated heterocycles. The summed E-state index contributed by atoms with van der Waals surface area (Å²) in [6, 6.07) is 6.07. The maximum absolute atomic E-state index is 10.8. The van der Waals surface area contributed by atoms with Crippen molar-refractivity contribution >= 4 is 22.3 Å². The lowest BCUT2D eigenvalue weighted by Gasteiger charge is -2.03. The fourth-order valence-electron chi connectivity index (χ4n) is 1.69. The van der Waals surface area contributed by atoms with Crippen LogP contribution in [0.15, 0.2) is 53.4 Å². The summed E-state index contributed by atoms with van der Waals surface area (Å²) in [5.74, 6) is 4.62. The Balaban J connectivity index is 0.000000172. The number of aromatic nitrogens is 1. The normalized spacial score (nSPS) is 9.91. The smallest absolute Gasteiger partial charge is 0.276 e. The molecule has 1 aromatic carbocycles. The number of non-ortho nitro benzene ring substituents is 1. The Labute approximate surface area is 128 Å². The average molecular weight is 318 g/mol. The van der Waals surface area contributed by atoms with Crippen LogP contribution in [0.5, 0.6) is 5.75 Å². The molecule has 0 aliphatic rings. The summed E-state index contributed by atoms with van der Waals surface area (Å²) in [7, 11) is 0. The summed E-state index contributed by atoms with van der Waals surface area (Å²) in [4.78, 5) is 18.6. The Bertz CT molecular complexity index is 876. The molecule has 2 heterocycles. The first-order valence-corrected chi connectivity index (χ1v) is 6.12. The third-order valence-corrected chi connectivity index (χ3v) is 2.76. The topological polar surface area (TPSA) is 152 Å². The second-order valence-electron chi connectivity index (χ2n) is 4.30. The van der Waals surface area contributed by atoms with Crippen LogP contribution in [-0.2, 0) is 0 Å². The van der Waals surface area contributed by atoms with E-state index in [9.17, 15) is 25.3 Å². The number of fused-ring (bicyclic) bond motifs is 1. The number of pyridine rings is 1. The van der Waals surface area contributed by atoms with Gasteiger partial charge < -0.3 is 9.52 Å². The molecule has 0 aliphatic heterocycles. The highest BCUT2D eigenvalue weighted by Gasteiger charge is 2.13. The molecule has 118 valence electrons. The zero-order valence-corrected chi connectivity index (χ0v) is 11.5. The van der Waals surface area contributed by atoms with Gasteiger partial charge in [-0.3, -0.25) is 20.2 Å². The minimum absolute atomic E-state index is 0.466. The van der Waals surface area contributed by atoms with Gasteiger partial charge in [-0.2, -0.15) is 0 Å². The maximum atomic E-state index is 10.8. The number of nitrogens with zero attached hydrogens (tertiary/aromatic N) is 3. The van der Waals surface area contributed by atoms with Crippen molar-refractivity contribution in [2.24, 2.45) is 0 Å². The highest BCUT2D eigenvalue weighted by Crippen LogP contribution is 2.27. The van der Waals surface area contributed by atoms with Crippen LogP contribution < -0.4 is 15.6 Å². The number of benzene rings is 1. The van der Waals surface area contributed by atoms with Crippen LogP contribution in [0, 0.1) is 20.2 Å². The van der Waals surface area contributed by atoms with Gasteiger partial charge in [0.15, 0.2) is 0 Å². The van der Waals surface area contributed by atoms with Crippen molar-refractivity contribution < 1.29 is 24.0 Å². The Morgan fingerprint density at radius 1 is 1.09 bits per heavy atom. The first-order chi connectivity index (χ1) is 10.9. The summed E-state index contributed by atoms with van der Waals surface area (Å²) < 4.78 is 6.60. The van der Waals surface area contributed by atoms with E-state index < -0.39 is 27.0 Å². The molecule has 0 aliphatic carbocycles. The predicted octanol–water partition coefficient (Wildman–Crippen LogP) is 1.01. The minimum Gasteiger partial charge on any atom is -0.868 e. The van der Waals surface area contributed by atoms with E-state index >= 15 is 0 Å². The number of nitro benzene ring substituents is 2. The van der Waals surface area contributed by atoms with Crippen LogP contribution in [-0.4, -0.2) is 9.85 Å². The number of nitro groups is 2. The zero-order chi connectivity index (χ0) is 17.0. The second kappa shape index (κ2) is 6.39. The molecule has 0 amide bonds. The van der Waals surface area contributed by atoms with Gasteiger partial charge in [0.05, 0.1) is 27.6 Å². The number of hydrogen-bond donors (Lipinski definition) is 1. The van der Waals surface area contributed by atoms with Gasteiger partial charge in [0.2, 0.25) is 12.4 Å². The fraction of sp³-hybridized carbons (Fsp3) is 0. The summed E-state index contributed by atoms with van der Waals surface area (Å²) in [5, 5.41) is 32.1. The van der Waals surface area contributed by atoms with Crippen LogP contribution in [0.25, 0.3) is 11.0 Å². The number of hydrogen-bond acceptors (Lipinski definition) is 7. The quantitative estimate of drug-likeness (QED) is 0.320. The largest absolute Gasteiger partial charge is 0.868 e. The molecule has 0 unspecified atom stereocenters. The SMILES string of the molecule is N[n+]1ccc2occc2c1.O=[N+]([O-])c1ccc([O-])c([N+](=O)[O-])c1. The molecular weight excluding hydrogens is 308 g/mol. The van der Waals surface area contributed by atoms with E-state index in [-0.39, 0.29) is 0 Å². The third-order valence-electron chi connectivity index (χ3n) is 2.76. The van der Waals surface area contributed by atoms with Gasteiger partial charge in [-0.25, -0.2) is 5.84 Å². The number of rotatable bonds is 2. The molecule has 0 atom stereocenters. The molecule has 3 aromatic rings. The van der Waals surface area contributed by atoms with Crippen LogP contribution in [0.3, 0.4) is 0 Å². The summed E-state index contributed by atoms with van der Waals surface area (Å²) in [6.07, 6.45) is 5.19. The lowest BCUT2D eigenvalue weighted by atomic mass is 10.2. The first-order valence-electron chi connectivity index (χ1n) is 6.12. The van der Waals surface area contributed by atoms with Gasteiger partial charge in [-0.05, 0) is 11.8 Å². The molecule has 0 spiro atoms.